The SMILES string of the molecule is CCNC(=NCc1cccc(F)c1)NCC(C)(C)CN(C)C.I. The van der Waals surface area contributed by atoms with Crippen molar-refractivity contribution in [3.8, 4) is 0 Å². The summed E-state index contributed by atoms with van der Waals surface area (Å²) in [5.74, 6) is 0.538. The summed E-state index contributed by atoms with van der Waals surface area (Å²) in [5.41, 5.74) is 1.00. The third-order valence-corrected chi connectivity index (χ3v) is 3.13. The molecule has 1 rings (SSSR count). The van der Waals surface area contributed by atoms with Gasteiger partial charge >= 0.3 is 0 Å². The van der Waals surface area contributed by atoms with Gasteiger partial charge in [-0.2, -0.15) is 0 Å². The third-order valence-electron chi connectivity index (χ3n) is 3.13. The van der Waals surface area contributed by atoms with Crippen LogP contribution in [-0.4, -0.2) is 44.6 Å². The molecule has 23 heavy (non-hydrogen) atoms. The monoisotopic (exact) mass is 436 g/mol. The molecule has 0 aliphatic heterocycles. The molecule has 0 atom stereocenters. The van der Waals surface area contributed by atoms with E-state index < -0.39 is 0 Å². The molecule has 0 spiro atoms. The van der Waals surface area contributed by atoms with Crippen molar-refractivity contribution in [2.75, 3.05) is 33.7 Å². The van der Waals surface area contributed by atoms with Crippen LogP contribution in [0, 0.1) is 11.2 Å². The number of guanidine groups is 1. The summed E-state index contributed by atoms with van der Waals surface area (Å²) >= 11 is 0. The molecule has 0 aliphatic carbocycles. The fourth-order valence-electron chi connectivity index (χ4n) is 2.38. The Balaban J connectivity index is 0.00000484. The fourth-order valence-corrected chi connectivity index (χ4v) is 2.38. The molecule has 2 N–H and O–H groups in total. The molecule has 0 bridgehead atoms. The zero-order chi connectivity index (χ0) is 16.6. The van der Waals surface area contributed by atoms with E-state index in [0.29, 0.717) is 6.54 Å². The number of nitrogens with one attached hydrogen (secondary N) is 2. The average molecular weight is 436 g/mol. The number of aliphatic imine (C=N–C) groups is 1. The highest BCUT2D eigenvalue weighted by Crippen LogP contribution is 2.14. The lowest BCUT2D eigenvalue weighted by atomic mass is 9.93. The lowest BCUT2D eigenvalue weighted by Gasteiger charge is -2.29. The predicted octanol–water partition coefficient (Wildman–Crippen LogP) is 3.09. The van der Waals surface area contributed by atoms with E-state index in [-0.39, 0.29) is 35.2 Å². The maximum atomic E-state index is 13.2. The van der Waals surface area contributed by atoms with E-state index in [4.69, 9.17) is 0 Å². The van der Waals surface area contributed by atoms with Gasteiger partial charge in [-0.25, -0.2) is 9.38 Å². The Morgan fingerprint density at radius 1 is 1.26 bits per heavy atom. The van der Waals surface area contributed by atoms with Gasteiger partial charge in [0.05, 0.1) is 6.54 Å². The Labute approximate surface area is 157 Å². The molecule has 0 heterocycles. The fraction of sp³-hybridized carbons (Fsp3) is 0.588. The summed E-state index contributed by atoms with van der Waals surface area (Å²) in [6, 6.07) is 6.55. The number of hydrogen-bond acceptors (Lipinski definition) is 2. The first-order chi connectivity index (χ1) is 10.3. The first-order valence-electron chi connectivity index (χ1n) is 7.74. The Morgan fingerprint density at radius 2 is 1.96 bits per heavy atom. The second kappa shape index (κ2) is 10.8. The van der Waals surface area contributed by atoms with Gasteiger partial charge in [0.25, 0.3) is 0 Å². The highest BCUT2D eigenvalue weighted by Gasteiger charge is 2.19. The van der Waals surface area contributed by atoms with Crippen LogP contribution in [0.2, 0.25) is 0 Å². The minimum atomic E-state index is -0.224. The van der Waals surface area contributed by atoms with Crippen molar-refractivity contribution in [3.05, 3.63) is 35.6 Å². The highest BCUT2D eigenvalue weighted by atomic mass is 127. The minimum absolute atomic E-state index is 0. The summed E-state index contributed by atoms with van der Waals surface area (Å²) in [6.07, 6.45) is 0. The average Bonchev–Trinajstić information content (AvgIpc) is 2.40. The van der Waals surface area contributed by atoms with Gasteiger partial charge in [-0.1, -0.05) is 26.0 Å². The van der Waals surface area contributed by atoms with Crippen molar-refractivity contribution >= 4 is 29.9 Å². The first-order valence-corrected chi connectivity index (χ1v) is 7.74. The molecule has 0 amide bonds. The van der Waals surface area contributed by atoms with Gasteiger partial charge in [0.1, 0.15) is 5.82 Å². The molecule has 6 heteroatoms. The van der Waals surface area contributed by atoms with Gasteiger partial charge < -0.3 is 15.5 Å². The van der Waals surface area contributed by atoms with Crippen LogP contribution in [0.25, 0.3) is 0 Å². The van der Waals surface area contributed by atoms with Crippen LogP contribution >= 0.6 is 24.0 Å². The van der Waals surface area contributed by atoms with E-state index in [0.717, 1.165) is 31.2 Å². The van der Waals surface area contributed by atoms with Crippen LogP contribution in [0.15, 0.2) is 29.3 Å². The maximum Gasteiger partial charge on any atom is 0.191 e. The molecule has 0 fully saturated rings. The lowest BCUT2D eigenvalue weighted by Crippen LogP contribution is -2.44. The van der Waals surface area contributed by atoms with Gasteiger partial charge in [-0.05, 0) is 44.1 Å². The number of rotatable bonds is 7. The van der Waals surface area contributed by atoms with E-state index in [1.165, 1.54) is 12.1 Å². The molecule has 0 aliphatic rings. The molecule has 132 valence electrons. The quantitative estimate of drug-likeness (QED) is 0.392. The van der Waals surface area contributed by atoms with Crippen molar-refractivity contribution in [2.45, 2.75) is 27.3 Å². The molecule has 1 aromatic carbocycles. The van der Waals surface area contributed by atoms with Crippen LogP contribution in [0.5, 0.6) is 0 Å². The molecule has 4 nitrogen and oxygen atoms in total. The van der Waals surface area contributed by atoms with Crippen molar-refractivity contribution in [2.24, 2.45) is 10.4 Å². The van der Waals surface area contributed by atoms with Crippen molar-refractivity contribution in [1.29, 1.82) is 0 Å². The van der Waals surface area contributed by atoms with Gasteiger partial charge in [-0.15, -0.1) is 24.0 Å². The van der Waals surface area contributed by atoms with Crippen LogP contribution in [0.4, 0.5) is 4.39 Å². The molecular formula is C17H30FIN4. The zero-order valence-electron chi connectivity index (χ0n) is 14.8. The topological polar surface area (TPSA) is 39.7 Å². The standard InChI is InChI=1S/C17H29FN4.HI/c1-6-19-16(21-12-17(2,3)13-22(4)5)20-11-14-8-7-9-15(18)10-14;/h7-10H,6,11-13H2,1-5H3,(H2,19,20,21);1H. The number of benzene rings is 1. The zero-order valence-corrected chi connectivity index (χ0v) is 17.1. The first kappa shape index (κ1) is 22.1. The van der Waals surface area contributed by atoms with Crippen LogP contribution in [0.1, 0.15) is 26.3 Å². The molecule has 0 saturated carbocycles. The van der Waals surface area contributed by atoms with Gasteiger partial charge in [0, 0.05) is 19.6 Å². The van der Waals surface area contributed by atoms with Crippen molar-refractivity contribution in [3.63, 3.8) is 0 Å². The highest BCUT2D eigenvalue weighted by molar-refractivity contribution is 14.0. The second-order valence-corrected chi connectivity index (χ2v) is 6.58. The molecule has 0 aromatic heterocycles. The predicted molar refractivity (Wildman–Crippen MR) is 107 cm³/mol. The van der Waals surface area contributed by atoms with E-state index in [1.807, 2.05) is 13.0 Å². The maximum absolute atomic E-state index is 13.2. The van der Waals surface area contributed by atoms with Gasteiger partial charge in [0.2, 0.25) is 0 Å². The van der Waals surface area contributed by atoms with Crippen molar-refractivity contribution in [1.82, 2.24) is 15.5 Å². The van der Waals surface area contributed by atoms with E-state index in [1.54, 1.807) is 6.07 Å². The molecule has 0 unspecified atom stereocenters. The second-order valence-electron chi connectivity index (χ2n) is 6.58. The Bertz CT molecular complexity index is 489. The molecule has 1 aromatic rings. The normalized spacial score (nSPS) is 12.0. The Kier molecular flexibility index (Phi) is 10.4. The van der Waals surface area contributed by atoms with Gasteiger partial charge in [0.15, 0.2) is 5.96 Å². The van der Waals surface area contributed by atoms with Crippen LogP contribution < -0.4 is 10.6 Å². The van der Waals surface area contributed by atoms with Crippen LogP contribution in [0.3, 0.4) is 0 Å². The smallest absolute Gasteiger partial charge is 0.191 e. The van der Waals surface area contributed by atoms with Crippen molar-refractivity contribution < 1.29 is 4.39 Å². The lowest BCUT2D eigenvalue weighted by molar-refractivity contribution is 0.241. The van der Waals surface area contributed by atoms with Gasteiger partial charge in [-0.3, -0.25) is 0 Å². The molecule has 0 saturated heterocycles. The third kappa shape index (κ3) is 9.76. The summed E-state index contributed by atoms with van der Waals surface area (Å²) in [6.45, 7) is 9.53. The van der Waals surface area contributed by atoms with E-state index >= 15 is 0 Å². The Hall–Kier alpha value is -0.890. The Morgan fingerprint density at radius 3 is 2.52 bits per heavy atom. The summed E-state index contributed by atoms with van der Waals surface area (Å²) in [7, 11) is 4.15. The molecular weight excluding hydrogens is 406 g/mol. The minimum Gasteiger partial charge on any atom is -0.357 e. The van der Waals surface area contributed by atoms with E-state index in [2.05, 4.69) is 48.5 Å². The van der Waals surface area contributed by atoms with E-state index in [9.17, 15) is 4.39 Å². The number of nitrogens with zero attached hydrogens (tertiary/aromatic N) is 2. The summed E-state index contributed by atoms with van der Waals surface area (Å²) < 4.78 is 13.2. The van der Waals surface area contributed by atoms with Crippen LogP contribution in [-0.2, 0) is 6.54 Å². The summed E-state index contributed by atoms with van der Waals surface area (Å²) in [5, 5.41) is 6.59. The largest absolute Gasteiger partial charge is 0.357 e. The molecule has 0 radical (unpaired) electrons. The number of hydrogen-bond donors (Lipinski definition) is 2. The summed E-state index contributed by atoms with van der Waals surface area (Å²) in [4.78, 5) is 6.70. The number of halogens is 2.